The van der Waals surface area contributed by atoms with Crippen LogP contribution in [0.4, 0.5) is 5.13 Å². The fourth-order valence-corrected chi connectivity index (χ4v) is 1.98. The van der Waals surface area contributed by atoms with E-state index in [2.05, 4.69) is 15.1 Å². The van der Waals surface area contributed by atoms with Gasteiger partial charge in [0.1, 0.15) is 0 Å². The topological polar surface area (TPSA) is 116 Å². The van der Waals surface area contributed by atoms with Gasteiger partial charge in [0.25, 0.3) is 0 Å². The van der Waals surface area contributed by atoms with Gasteiger partial charge in [0, 0.05) is 11.1 Å². The van der Waals surface area contributed by atoms with Crippen molar-refractivity contribution in [2.75, 3.05) is 0 Å². The highest BCUT2D eigenvalue weighted by molar-refractivity contribution is 8.11. The Balaban J connectivity index is 0. The number of hydrogen-bond donors (Lipinski definition) is 3. The van der Waals surface area contributed by atoms with Gasteiger partial charge in [-0.2, -0.15) is 10.1 Å². The average Bonchev–Trinajstić information content (AvgIpc) is 2.52. The van der Waals surface area contributed by atoms with Gasteiger partial charge in [0.15, 0.2) is 5.96 Å². The summed E-state index contributed by atoms with van der Waals surface area (Å²) in [6.45, 7) is 0. The van der Waals surface area contributed by atoms with Crippen molar-refractivity contribution in [2.45, 2.75) is 5.75 Å². The number of nitrogens with zero attached hydrogens (tertiary/aromatic N) is 3. The predicted octanol–water partition coefficient (Wildman–Crippen LogP) is 1.03. The molecular formula is C6H12Cl2N6S2. The number of nitrogens with two attached hydrogens (primary N) is 3. The molecule has 0 aliphatic rings. The fourth-order valence-electron chi connectivity index (χ4n) is 0.690. The molecule has 0 saturated carbocycles. The van der Waals surface area contributed by atoms with Crippen LogP contribution in [0.25, 0.3) is 0 Å². The minimum absolute atomic E-state index is 0. The van der Waals surface area contributed by atoms with Gasteiger partial charge in [0.2, 0.25) is 5.13 Å². The number of halogens is 2. The molecule has 0 amide bonds. The summed E-state index contributed by atoms with van der Waals surface area (Å²) >= 11 is 2.84. The second-order valence-corrected chi connectivity index (χ2v) is 3.89. The second-order valence-electron chi connectivity index (χ2n) is 2.22. The van der Waals surface area contributed by atoms with E-state index in [1.165, 1.54) is 23.1 Å². The molecule has 0 unspecified atom stereocenters. The van der Waals surface area contributed by atoms with Crippen LogP contribution in [-0.4, -0.2) is 16.5 Å². The maximum atomic E-state index is 5.21. The van der Waals surface area contributed by atoms with Crippen LogP contribution in [0, 0.1) is 0 Å². The van der Waals surface area contributed by atoms with Gasteiger partial charge in [-0.15, -0.1) is 47.9 Å². The third kappa shape index (κ3) is 6.72. The summed E-state index contributed by atoms with van der Waals surface area (Å²) in [5.41, 5.74) is 12.9. The highest BCUT2D eigenvalue weighted by Crippen LogP contribution is 2.20. The Morgan fingerprint density at radius 1 is 1.50 bits per heavy atom. The van der Waals surface area contributed by atoms with Crippen LogP contribution < -0.4 is 17.3 Å². The zero-order valence-corrected chi connectivity index (χ0v) is 11.3. The Kier molecular flexibility index (Phi) is 10.5. The minimum atomic E-state index is 0. The first-order valence-corrected chi connectivity index (χ1v) is 5.52. The van der Waals surface area contributed by atoms with Gasteiger partial charge in [-0.05, 0) is 0 Å². The van der Waals surface area contributed by atoms with Crippen LogP contribution in [0.15, 0.2) is 15.5 Å². The highest BCUT2D eigenvalue weighted by Gasteiger charge is 2.00. The minimum Gasteiger partial charge on any atom is -0.370 e. The van der Waals surface area contributed by atoms with Gasteiger partial charge < -0.3 is 17.3 Å². The Labute approximate surface area is 114 Å². The van der Waals surface area contributed by atoms with Crippen molar-refractivity contribution in [3.05, 3.63) is 11.1 Å². The van der Waals surface area contributed by atoms with Gasteiger partial charge in [-0.1, -0.05) is 0 Å². The number of hydrazone groups is 1. The number of hydrogen-bond acceptors (Lipinski definition) is 6. The van der Waals surface area contributed by atoms with Crippen LogP contribution in [0.5, 0.6) is 0 Å². The highest BCUT2D eigenvalue weighted by atomic mass is 35.5. The van der Waals surface area contributed by atoms with Crippen molar-refractivity contribution in [3.63, 3.8) is 0 Å². The molecule has 16 heavy (non-hydrogen) atoms. The largest absolute Gasteiger partial charge is 0.370 e. The summed E-state index contributed by atoms with van der Waals surface area (Å²) in [4.78, 5) is 7.99. The molecule has 0 aromatic carbocycles. The number of thiazole rings is 1. The zero-order valence-electron chi connectivity index (χ0n) is 8.07. The summed E-state index contributed by atoms with van der Waals surface area (Å²) in [6, 6.07) is 0. The van der Waals surface area contributed by atoms with E-state index in [1.54, 1.807) is 5.55 Å². The molecule has 0 atom stereocenters. The lowest BCUT2D eigenvalue weighted by atomic mass is 10.6. The van der Waals surface area contributed by atoms with E-state index in [9.17, 15) is 0 Å². The molecule has 0 fully saturated rings. The SMILES string of the molecule is Cl.Cl.NN=CSCc1csc(N=C(N)N)n1. The van der Waals surface area contributed by atoms with Crippen molar-refractivity contribution in [3.8, 4) is 0 Å². The summed E-state index contributed by atoms with van der Waals surface area (Å²) in [5, 5.41) is 5.80. The molecule has 1 aromatic heterocycles. The molecule has 0 radical (unpaired) electrons. The van der Waals surface area contributed by atoms with Crippen LogP contribution >= 0.6 is 47.9 Å². The number of rotatable bonds is 4. The molecule has 0 saturated heterocycles. The Bertz CT molecular complexity index is 349. The first-order valence-electron chi connectivity index (χ1n) is 3.59. The molecule has 0 aliphatic heterocycles. The molecule has 92 valence electrons. The number of aromatic nitrogens is 1. The molecule has 1 aromatic rings. The second kappa shape index (κ2) is 9.52. The number of aliphatic imine (C=N–C) groups is 1. The van der Waals surface area contributed by atoms with E-state index in [-0.39, 0.29) is 30.8 Å². The summed E-state index contributed by atoms with van der Waals surface area (Å²) in [7, 11) is 0. The lowest BCUT2D eigenvalue weighted by Crippen LogP contribution is -2.21. The van der Waals surface area contributed by atoms with Gasteiger partial charge in [-0.3, -0.25) is 0 Å². The van der Waals surface area contributed by atoms with Gasteiger partial charge in [-0.25, -0.2) is 4.98 Å². The normalized spacial score (nSPS) is 9.25. The smallest absolute Gasteiger partial charge is 0.212 e. The first kappa shape index (κ1) is 17.7. The van der Waals surface area contributed by atoms with Crippen LogP contribution in [0.2, 0.25) is 0 Å². The van der Waals surface area contributed by atoms with E-state index < -0.39 is 0 Å². The van der Waals surface area contributed by atoms with Gasteiger partial charge in [0.05, 0.1) is 11.2 Å². The van der Waals surface area contributed by atoms with E-state index in [0.29, 0.717) is 10.9 Å². The Morgan fingerprint density at radius 2 is 2.19 bits per heavy atom. The monoisotopic (exact) mass is 302 g/mol. The molecule has 1 rings (SSSR count). The van der Waals surface area contributed by atoms with Crippen molar-refractivity contribution in [2.24, 2.45) is 27.4 Å². The first-order chi connectivity index (χ1) is 6.72. The molecular weight excluding hydrogens is 291 g/mol. The molecule has 0 spiro atoms. The lowest BCUT2D eigenvalue weighted by molar-refractivity contribution is 1.21. The average molecular weight is 303 g/mol. The Morgan fingerprint density at radius 3 is 2.75 bits per heavy atom. The van der Waals surface area contributed by atoms with E-state index in [4.69, 9.17) is 17.3 Å². The molecule has 0 bridgehead atoms. The molecule has 10 heteroatoms. The van der Waals surface area contributed by atoms with Crippen molar-refractivity contribution in [1.29, 1.82) is 0 Å². The standard InChI is InChI=1S/C6H10N6S2.2ClH/c7-5(8)12-6-11-4(2-14-6)1-13-3-10-9;;/h2-3H,1,9H2,(H4,7,8,11,12);2*1H. The van der Waals surface area contributed by atoms with Crippen LogP contribution in [-0.2, 0) is 5.75 Å². The number of guanidine groups is 1. The maximum absolute atomic E-state index is 5.21. The summed E-state index contributed by atoms with van der Waals surface area (Å²) in [6.07, 6.45) is 0. The zero-order chi connectivity index (χ0) is 10.4. The molecule has 6 N–H and O–H groups in total. The third-order valence-corrected chi connectivity index (χ3v) is 2.65. The van der Waals surface area contributed by atoms with Crippen molar-refractivity contribution in [1.82, 2.24) is 4.98 Å². The summed E-state index contributed by atoms with van der Waals surface area (Å²) in [5.74, 6) is 5.66. The Hall–Kier alpha value is -0.700. The fraction of sp³-hybridized carbons (Fsp3) is 0.167. The lowest BCUT2D eigenvalue weighted by Gasteiger charge is -1.89. The van der Waals surface area contributed by atoms with Crippen molar-refractivity contribution < 1.29 is 0 Å². The third-order valence-electron chi connectivity index (χ3n) is 1.13. The number of thioether (sulfide) groups is 1. The maximum Gasteiger partial charge on any atom is 0.212 e. The predicted molar refractivity (Wildman–Crippen MR) is 76.1 cm³/mol. The summed E-state index contributed by atoms with van der Waals surface area (Å²) < 4.78 is 0. The quantitative estimate of drug-likeness (QED) is 0.332. The van der Waals surface area contributed by atoms with Crippen LogP contribution in [0.3, 0.4) is 0 Å². The molecule has 1 heterocycles. The van der Waals surface area contributed by atoms with E-state index in [0.717, 1.165) is 5.69 Å². The van der Waals surface area contributed by atoms with Crippen LogP contribution in [0.1, 0.15) is 5.69 Å². The molecule has 0 aliphatic carbocycles. The molecule has 6 nitrogen and oxygen atoms in total. The van der Waals surface area contributed by atoms with E-state index in [1.807, 2.05) is 5.38 Å². The van der Waals surface area contributed by atoms with E-state index >= 15 is 0 Å². The van der Waals surface area contributed by atoms with Gasteiger partial charge >= 0.3 is 0 Å². The van der Waals surface area contributed by atoms with Crippen molar-refractivity contribution >= 4 is 64.6 Å².